The van der Waals surface area contributed by atoms with Crippen LogP contribution in [-0.4, -0.2) is 70.0 Å². The second kappa shape index (κ2) is 10.7. The van der Waals surface area contributed by atoms with E-state index in [0.717, 1.165) is 81.1 Å². The van der Waals surface area contributed by atoms with Crippen molar-refractivity contribution in [2.45, 2.75) is 57.6 Å². The Morgan fingerprint density at radius 3 is 2.71 bits per heavy atom. The van der Waals surface area contributed by atoms with Crippen LogP contribution in [0.25, 0.3) is 11.3 Å². The van der Waals surface area contributed by atoms with E-state index in [4.69, 9.17) is 9.72 Å². The molecule has 2 aliphatic rings. The second-order valence-electron chi connectivity index (χ2n) is 8.25. The zero-order valence-corrected chi connectivity index (χ0v) is 18.3. The van der Waals surface area contributed by atoms with Gasteiger partial charge in [0.15, 0.2) is 0 Å². The summed E-state index contributed by atoms with van der Waals surface area (Å²) in [5.74, 6) is 2.30. The highest BCUT2D eigenvalue weighted by Crippen LogP contribution is 2.30. The van der Waals surface area contributed by atoms with Crippen LogP contribution in [0.5, 0.6) is 0 Å². The Balaban J connectivity index is 1.59. The first-order chi connectivity index (χ1) is 15.2. The first kappa shape index (κ1) is 21.7. The molecule has 0 radical (unpaired) electrons. The Hall–Kier alpha value is -2.52. The average molecular weight is 428 g/mol. The number of nitrogens with one attached hydrogen (secondary N) is 2. The molecule has 4 rings (SSSR count). The predicted octanol–water partition coefficient (Wildman–Crippen LogP) is 2.70. The van der Waals surface area contributed by atoms with Crippen LogP contribution in [0.2, 0.25) is 0 Å². The van der Waals surface area contributed by atoms with Crippen molar-refractivity contribution in [1.82, 2.24) is 19.9 Å². The highest BCUT2D eigenvalue weighted by molar-refractivity contribution is 5.74. The van der Waals surface area contributed by atoms with E-state index >= 15 is 0 Å². The summed E-state index contributed by atoms with van der Waals surface area (Å²) in [6.45, 7) is 6.07. The number of nitrogens with zero attached hydrogens (tertiary/aromatic N) is 5. The molecule has 3 N–H and O–H groups in total. The lowest BCUT2D eigenvalue weighted by Crippen LogP contribution is -2.36. The van der Waals surface area contributed by atoms with Crippen LogP contribution in [0.3, 0.4) is 0 Å². The highest BCUT2D eigenvalue weighted by Gasteiger charge is 2.22. The lowest BCUT2D eigenvalue weighted by atomic mass is 9.93. The molecule has 31 heavy (non-hydrogen) atoms. The van der Waals surface area contributed by atoms with Gasteiger partial charge in [0.25, 0.3) is 0 Å². The molecule has 2 aromatic rings. The molecule has 3 heterocycles. The molecule has 0 bridgehead atoms. The molecule has 0 amide bonds. The smallest absolute Gasteiger partial charge is 0.224 e. The number of aromatic nitrogens is 4. The van der Waals surface area contributed by atoms with Gasteiger partial charge < -0.3 is 25.4 Å². The van der Waals surface area contributed by atoms with Crippen molar-refractivity contribution in [3.8, 4) is 11.3 Å². The number of ether oxygens (including phenoxy) is 1. The summed E-state index contributed by atoms with van der Waals surface area (Å²) in [4.78, 5) is 20.5. The van der Waals surface area contributed by atoms with Gasteiger partial charge in [0.05, 0.1) is 30.6 Å². The normalized spacial score (nSPS) is 21.7. The van der Waals surface area contributed by atoms with Gasteiger partial charge in [0.2, 0.25) is 5.95 Å². The quantitative estimate of drug-likeness (QED) is 0.548. The van der Waals surface area contributed by atoms with Crippen molar-refractivity contribution in [3.63, 3.8) is 0 Å². The number of hydrogen-bond acceptors (Lipinski definition) is 9. The van der Waals surface area contributed by atoms with E-state index in [0.29, 0.717) is 19.2 Å². The molecule has 9 nitrogen and oxygen atoms in total. The van der Waals surface area contributed by atoms with E-state index in [-0.39, 0.29) is 12.1 Å². The van der Waals surface area contributed by atoms with Crippen molar-refractivity contribution in [3.05, 3.63) is 18.6 Å². The van der Waals surface area contributed by atoms with Crippen LogP contribution in [0.1, 0.15) is 45.4 Å². The Kier molecular flexibility index (Phi) is 7.48. The summed E-state index contributed by atoms with van der Waals surface area (Å²) >= 11 is 0. The first-order valence-corrected chi connectivity index (χ1v) is 11.4. The monoisotopic (exact) mass is 427 g/mol. The van der Waals surface area contributed by atoms with Gasteiger partial charge in [0.1, 0.15) is 18.0 Å². The third kappa shape index (κ3) is 5.80. The minimum absolute atomic E-state index is 0.188. The molecular weight excluding hydrogens is 394 g/mol. The fourth-order valence-corrected chi connectivity index (χ4v) is 4.01. The molecule has 1 aliphatic carbocycles. The zero-order chi connectivity index (χ0) is 21.5. The molecule has 0 unspecified atom stereocenters. The lowest BCUT2D eigenvalue weighted by Gasteiger charge is -2.28. The number of hydrogen-bond donors (Lipinski definition) is 3. The first-order valence-electron chi connectivity index (χ1n) is 11.4. The summed E-state index contributed by atoms with van der Waals surface area (Å²) in [5, 5.41) is 16.8. The summed E-state index contributed by atoms with van der Waals surface area (Å²) < 4.78 is 5.46. The zero-order valence-electron chi connectivity index (χ0n) is 18.3. The molecule has 0 atom stereocenters. The molecule has 1 saturated heterocycles. The van der Waals surface area contributed by atoms with Gasteiger partial charge >= 0.3 is 0 Å². The van der Waals surface area contributed by atoms with Crippen LogP contribution < -0.4 is 15.5 Å². The number of unbranched alkanes of at least 4 members (excludes halogenated alkanes) is 1. The largest absolute Gasteiger partial charge is 0.393 e. The molecule has 0 aromatic carbocycles. The number of morpholine rings is 1. The summed E-state index contributed by atoms with van der Waals surface area (Å²) in [5.41, 5.74) is 1.67. The maximum Gasteiger partial charge on any atom is 0.224 e. The fourth-order valence-electron chi connectivity index (χ4n) is 4.01. The molecule has 1 aliphatic heterocycles. The highest BCUT2D eigenvalue weighted by atomic mass is 16.5. The maximum atomic E-state index is 9.85. The van der Waals surface area contributed by atoms with Crippen molar-refractivity contribution >= 4 is 17.6 Å². The summed E-state index contributed by atoms with van der Waals surface area (Å²) in [6, 6.07) is 2.28. The van der Waals surface area contributed by atoms with Crippen LogP contribution in [0.4, 0.5) is 17.6 Å². The van der Waals surface area contributed by atoms with Crippen LogP contribution >= 0.6 is 0 Å². The third-order valence-corrected chi connectivity index (χ3v) is 5.90. The van der Waals surface area contributed by atoms with E-state index in [1.807, 2.05) is 12.3 Å². The van der Waals surface area contributed by atoms with Gasteiger partial charge in [-0.25, -0.2) is 15.0 Å². The third-order valence-electron chi connectivity index (χ3n) is 5.90. The standard InChI is InChI=1S/C22H33N7O2/c1-2-3-8-23-22-24-14-18(21(28-22)27-16-4-6-17(30)7-5-16)19-13-20(26-15-25-19)29-9-11-31-12-10-29/h13-17,30H,2-12H2,1H3,(H2,23,24,27,28)/t16-,17-. The Labute approximate surface area is 183 Å². The van der Waals surface area contributed by atoms with Gasteiger partial charge in [-0.3, -0.25) is 0 Å². The summed E-state index contributed by atoms with van der Waals surface area (Å²) in [6.07, 6.45) is 8.92. The van der Waals surface area contributed by atoms with Crippen molar-refractivity contribution in [1.29, 1.82) is 0 Å². The molecule has 1 saturated carbocycles. The SMILES string of the molecule is CCCCNc1ncc(-c2cc(N3CCOCC3)ncn2)c(N[C@H]2CC[C@H](O)CC2)n1. The molecule has 2 fully saturated rings. The molecule has 0 spiro atoms. The topological polar surface area (TPSA) is 108 Å². The van der Waals surface area contributed by atoms with E-state index in [1.54, 1.807) is 6.33 Å². The maximum absolute atomic E-state index is 9.85. The fraction of sp³-hybridized carbons (Fsp3) is 0.636. The van der Waals surface area contributed by atoms with Gasteiger partial charge in [-0.2, -0.15) is 4.98 Å². The minimum atomic E-state index is -0.188. The number of aliphatic hydroxyl groups excluding tert-OH is 1. The van der Waals surface area contributed by atoms with E-state index in [1.165, 1.54) is 0 Å². The van der Waals surface area contributed by atoms with E-state index in [9.17, 15) is 5.11 Å². The van der Waals surface area contributed by atoms with Crippen LogP contribution in [-0.2, 0) is 4.74 Å². The Bertz CT molecular complexity index is 836. The predicted molar refractivity (Wildman–Crippen MR) is 121 cm³/mol. The van der Waals surface area contributed by atoms with Gasteiger partial charge in [0, 0.05) is 37.9 Å². The number of rotatable bonds is 8. The van der Waals surface area contributed by atoms with Crippen LogP contribution in [0.15, 0.2) is 18.6 Å². The van der Waals surface area contributed by atoms with Gasteiger partial charge in [-0.1, -0.05) is 13.3 Å². The second-order valence-corrected chi connectivity index (χ2v) is 8.25. The Morgan fingerprint density at radius 1 is 1.13 bits per heavy atom. The van der Waals surface area contributed by atoms with Gasteiger partial charge in [-0.05, 0) is 32.1 Å². The van der Waals surface area contributed by atoms with Crippen molar-refractivity contribution in [2.75, 3.05) is 48.4 Å². The molecule has 168 valence electrons. The van der Waals surface area contributed by atoms with Gasteiger partial charge in [-0.15, -0.1) is 0 Å². The van der Waals surface area contributed by atoms with Crippen molar-refractivity contribution in [2.24, 2.45) is 0 Å². The van der Waals surface area contributed by atoms with E-state index in [2.05, 4.69) is 37.4 Å². The van der Waals surface area contributed by atoms with Crippen molar-refractivity contribution < 1.29 is 9.84 Å². The average Bonchev–Trinajstić information content (AvgIpc) is 2.82. The molecule has 2 aromatic heterocycles. The van der Waals surface area contributed by atoms with Crippen LogP contribution in [0, 0.1) is 0 Å². The number of aliphatic hydroxyl groups is 1. The molecule has 9 heteroatoms. The minimum Gasteiger partial charge on any atom is -0.393 e. The van der Waals surface area contributed by atoms with E-state index < -0.39 is 0 Å². The molecular formula is C22H33N7O2. The number of anilines is 3. The Morgan fingerprint density at radius 2 is 1.94 bits per heavy atom. The summed E-state index contributed by atoms with van der Waals surface area (Å²) in [7, 11) is 0. The lowest BCUT2D eigenvalue weighted by molar-refractivity contribution is 0.122.